The van der Waals surface area contributed by atoms with E-state index in [4.69, 9.17) is 4.74 Å². The van der Waals surface area contributed by atoms with Gasteiger partial charge in [-0.05, 0) is 52.7 Å². The number of carbonyl (C=O) groups is 2. The lowest BCUT2D eigenvalue weighted by atomic mass is 10.1. The zero-order valence-corrected chi connectivity index (χ0v) is 15.5. The van der Waals surface area contributed by atoms with Crippen LogP contribution in [-0.4, -0.2) is 39.8 Å². The SMILES string of the molecule is CCOC(=O)c1[nH]c(C)c(C(=O)NCCCn2nc(C)cc2C)c1C. The van der Waals surface area contributed by atoms with E-state index in [1.807, 2.05) is 24.6 Å². The van der Waals surface area contributed by atoms with Crippen molar-refractivity contribution in [2.75, 3.05) is 13.2 Å². The molecular weight excluding hydrogens is 320 g/mol. The fourth-order valence-corrected chi connectivity index (χ4v) is 2.92. The Balaban J connectivity index is 1.94. The Morgan fingerprint density at radius 2 is 2.00 bits per heavy atom. The number of rotatable bonds is 7. The van der Waals surface area contributed by atoms with Crippen molar-refractivity contribution in [3.05, 3.63) is 40.0 Å². The van der Waals surface area contributed by atoms with Crippen LogP contribution in [0.5, 0.6) is 0 Å². The first-order chi connectivity index (χ1) is 11.8. The monoisotopic (exact) mass is 346 g/mol. The van der Waals surface area contributed by atoms with Gasteiger partial charge in [-0.1, -0.05) is 0 Å². The molecule has 136 valence electrons. The molecule has 0 radical (unpaired) electrons. The minimum Gasteiger partial charge on any atom is -0.461 e. The Kier molecular flexibility index (Phi) is 6.01. The fourth-order valence-electron chi connectivity index (χ4n) is 2.92. The summed E-state index contributed by atoms with van der Waals surface area (Å²) in [6, 6.07) is 2.03. The van der Waals surface area contributed by atoms with Crippen molar-refractivity contribution in [1.82, 2.24) is 20.1 Å². The average Bonchev–Trinajstić information content (AvgIpc) is 3.02. The van der Waals surface area contributed by atoms with Gasteiger partial charge in [0.15, 0.2) is 0 Å². The smallest absolute Gasteiger partial charge is 0.355 e. The highest BCUT2D eigenvalue weighted by Crippen LogP contribution is 2.18. The summed E-state index contributed by atoms with van der Waals surface area (Å²) in [5.41, 5.74) is 4.23. The average molecular weight is 346 g/mol. The van der Waals surface area contributed by atoms with Gasteiger partial charge in [0.05, 0.1) is 17.9 Å². The number of nitrogens with one attached hydrogen (secondary N) is 2. The van der Waals surface area contributed by atoms with Crippen LogP contribution in [0.15, 0.2) is 6.07 Å². The van der Waals surface area contributed by atoms with Crippen molar-refractivity contribution < 1.29 is 14.3 Å². The molecular formula is C18H26N4O3. The van der Waals surface area contributed by atoms with Crippen LogP contribution in [0.1, 0.15) is 56.8 Å². The predicted molar refractivity (Wildman–Crippen MR) is 94.9 cm³/mol. The van der Waals surface area contributed by atoms with E-state index in [-0.39, 0.29) is 5.91 Å². The van der Waals surface area contributed by atoms with Gasteiger partial charge < -0.3 is 15.0 Å². The van der Waals surface area contributed by atoms with E-state index in [9.17, 15) is 9.59 Å². The molecule has 0 unspecified atom stereocenters. The lowest BCUT2D eigenvalue weighted by Gasteiger charge is -2.07. The molecule has 7 nitrogen and oxygen atoms in total. The number of hydrogen-bond acceptors (Lipinski definition) is 4. The normalized spacial score (nSPS) is 10.8. The van der Waals surface area contributed by atoms with Crippen LogP contribution in [0, 0.1) is 27.7 Å². The third-order valence-corrected chi connectivity index (χ3v) is 4.08. The lowest BCUT2D eigenvalue weighted by Crippen LogP contribution is -2.26. The van der Waals surface area contributed by atoms with E-state index < -0.39 is 5.97 Å². The molecule has 0 atom stereocenters. The predicted octanol–water partition coefficient (Wildman–Crippen LogP) is 2.44. The molecule has 0 bridgehead atoms. The number of hydrogen-bond donors (Lipinski definition) is 2. The molecule has 1 amide bonds. The molecule has 2 aromatic rings. The highest BCUT2D eigenvalue weighted by molar-refractivity contribution is 6.01. The Bertz CT molecular complexity index is 774. The van der Waals surface area contributed by atoms with E-state index in [1.165, 1.54) is 0 Å². The van der Waals surface area contributed by atoms with Crippen molar-refractivity contribution in [3.63, 3.8) is 0 Å². The maximum atomic E-state index is 12.5. The topological polar surface area (TPSA) is 89.0 Å². The molecule has 0 fully saturated rings. The summed E-state index contributed by atoms with van der Waals surface area (Å²) in [4.78, 5) is 27.3. The molecule has 25 heavy (non-hydrogen) atoms. The first-order valence-corrected chi connectivity index (χ1v) is 8.50. The van der Waals surface area contributed by atoms with Gasteiger partial charge in [-0.2, -0.15) is 5.10 Å². The number of aromatic nitrogens is 3. The van der Waals surface area contributed by atoms with Gasteiger partial charge in [-0.25, -0.2) is 4.79 Å². The van der Waals surface area contributed by atoms with Crippen LogP contribution < -0.4 is 5.32 Å². The number of carbonyl (C=O) groups excluding carboxylic acids is 2. The lowest BCUT2D eigenvalue weighted by molar-refractivity contribution is 0.0519. The molecule has 2 aromatic heterocycles. The minimum absolute atomic E-state index is 0.185. The van der Waals surface area contributed by atoms with Crippen LogP contribution in [0.3, 0.4) is 0 Å². The third-order valence-electron chi connectivity index (χ3n) is 4.08. The van der Waals surface area contributed by atoms with E-state index >= 15 is 0 Å². The Hall–Kier alpha value is -2.57. The zero-order chi connectivity index (χ0) is 18.6. The van der Waals surface area contributed by atoms with Crippen molar-refractivity contribution in [1.29, 1.82) is 0 Å². The van der Waals surface area contributed by atoms with Gasteiger partial charge in [-0.3, -0.25) is 9.48 Å². The third kappa shape index (κ3) is 4.29. The molecule has 0 spiro atoms. The Labute approximate surface area is 147 Å². The van der Waals surface area contributed by atoms with E-state index in [0.29, 0.717) is 35.7 Å². The molecule has 0 aliphatic rings. The molecule has 0 aliphatic carbocycles. The standard InChI is InChI=1S/C18H26N4O3/c1-6-25-18(24)16-13(4)15(14(5)20-16)17(23)19-8-7-9-22-12(3)10-11(2)21-22/h10,20H,6-9H2,1-5H3,(H,19,23). The molecule has 7 heteroatoms. The van der Waals surface area contributed by atoms with Gasteiger partial charge in [-0.15, -0.1) is 0 Å². The number of aromatic amines is 1. The van der Waals surface area contributed by atoms with Gasteiger partial charge in [0.1, 0.15) is 5.69 Å². The summed E-state index contributed by atoms with van der Waals surface area (Å²) in [6.45, 7) is 10.8. The first kappa shape index (κ1) is 18.8. The van der Waals surface area contributed by atoms with Crippen LogP contribution in [0.4, 0.5) is 0 Å². The van der Waals surface area contributed by atoms with Crippen molar-refractivity contribution in [3.8, 4) is 0 Å². The second kappa shape index (κ2) is 8.00. The Morgan fingerprint density at radius 3 is 2.60 bits per heavy atom. The fraction of sp³-hybridized carbons (Fsp3) is 0.500. The quantitative estimate of drug-likeness (QED) is 0.595. The number of ether oxygens (including phenoxy) is 1. The molecule has 2 heterocycles. The number of nitrogens with zero attached hydrogens (tertiary/aromatic N) is 2. The number of aryl methyl sites for hydroxylation is 4. The van der Waals surface area contributed by atoms with Gasteiger partial charge in [0.25, 0.3) is 5.91 Å². The molecule has 0 aliphatic heterocycles. The molecule has 2 rings (SSSR count). The van der Waals surface area contributed by atoms with E-state index in [2.05, 4.69) is 15.4 Å². The van der Waals surface area contributed by atoms with Gasteiger partial charge in [0, 0.05) is 24.5 Å². The van der Waals surface area contributed by atoms with E-state index in [1.54, 1.807) is 20.8 Å². The maximum Gasteiger partial charge on any atom is 0.355 e. The Morgan fingerprint density at radius 1 is 1.28 bits per heavy atom. The number of esters is 1. The molecule has 0 saturated heterocycles. The van der Waals surface area contributed by atoms with Gasteiger partial charge in [0.2, 0.25) is 0 Å². The van der Waals surface area contributed by atoms with Crippen molar-refractivity contribution in [2.45, 2.75) is 47.6 Å². The molecule has 2 N–H and O–H groups in total. The molecule has 0 aromatic carbocycles. The van der Waals surface area contributed by atoms with Crippen molar-refractivity contribution in [2.24, 2.45) is 0 Å². The minimum atomic E-state index is -0.438. The summed E-state index contributed by atoms with van der Waals surface area (Å²) in [5.74, 6) is -0.623. The maximum absolute atomic E-state index is 12.5. The summed E-state index contributed by atoms with van der Waals surface area (Å²) >= 11 is 0. The first-order valence-electron chi connectivity index (χ1n) is 8.50. The summed E-state index contributed by atoms with van der Waals surface area (Å²) in [5, 5.41) is 7.31. The van der Waals surface area contributed by atoms with Crippen LogP contribution >= 0.6 is 0 Å². The van der Waals surface area contributed by atoms with Crippen LogP contribution in [0.25, 0.3) is 0 Å². The highest BCUT2D eigenvalue weighted by atomic mass is 16.5. The molecule has 0 saturated carbocycles. The summed E-state index contributed by atoms with van der Waals surface area (Å²) in [6.07, 6.45) is 0.779. The zero-order valence-electron chi connectivity index (χ0n) is 15.5. The van der Waals surface area contributed by atoms with E-state index in [0.717, 1.165) is 24.4 Å². The number of amides is 1. The van der Waals surface area contributed by atoms with Crippen LogP contribution in [-0.2, 0) is 11.3 Å². The van der Waals surface area contributed by atoms with Gasteiger partial charge >= 0.3 is 5.97 Å². The highest BCUT2D eigenvalue weighted by Gasteiger charge is 2.22. The second-order valence-electron chi connectivity index (χ2n) is 6.11. The second-order valence-corrected chi connectivity index (χ2v) is 6.11. The van der Waals surface area contributed by atoms with Crippen LogP contribution in [0.2, 0.25) is 0 Å². The van der Waals surface area contributed by atoms with Crippen molar-refractivity contribution >= 4 is 11.9 Å². The summed E-state index contributed by atoms with van der Waals surface area (Å²) in [7, 11) is 0. The largest absolute Gasteiger partial charge is 0.461 e. The summed E-state index contributed by atoms with van der Waals surface area (Å²) < 4.78 is 6.94. The number of H-pyrrole nitrogens is 1.